The van der Waals surface area contributed by atoms with E-state index in [1.165, 1.54) is 6.92 Å². The van der Waals surface area contributed by atoms with Crippen LogP contribution in [0.5, 0.6) is 0 Å². The van der Waals surface area contributed by atoms with Crippen LogP contribution >= 0.6 is 0 Å². The van der Waals surface area contributed by atoms with E-state index in [4.69, 9.17) is 8.85 Å². The van der Waals surface area contributed by atoms with Crippen molar-refractivity contribution in [3.05, 3.63) is 35.4 Å². The molecule has 1 unspecified atom stereocenters. The van der Waals surface area contributed by atoms with Gasteiger partial charge < -0.3 is 4.74 Å². The molecule has 0 saturated heterocycles. The van der Waals surface area contributed by atoms with Crippen molar-refractivity contribution in [2.24, 2.45) is 0 Å². The van der Waals surface area contributed by atoms with E-state index in [2.05, 4.69) is 0 Å². The van der Waals surface area contributed by atoms with Crippen LogP contribution in [0.25, 0.3) is 0 Å². The topological polar surface area (TPSA) is 26.3 Å². The minimum Gasteiger partial charge on any atom is -0.459 e. The van der Waals surface area contributed by atoms with Crippen molar-refractivity contribution in [3.63, 3.8) is 0 Å². The van der Waals surface area contributed by atoms with Crippen LogP contribution < -0.4 is 0 Å². The Bertz CT molecular complexity index is 385. The van der Waals surface area contributed by atoms with Gasteiger partial charge in [-0.25, -0.2) is 4.79 Å². The molecule has 1 atom stereocenters. The zero-order chi connectivity index (χ0) is 12.3. The van der Waals surface area contributed by atoms with E-state index < -0.39 is 18.9 Å². The van der Waals surface area contributed by atoms with Crippen LogP contribution in [0.3, 0.4) is 0 Å². The highest BCUT2D eigenvalue weighted by molar-refractivity contribution is 5.91. The number of ether oxygens (including phenoxy) is 1. The van der Waals surface area contributed by atoms with E-state index >= 15 is 0 Å². The maximum atomic E-state index is 11.7. The van der Waals surface area contributed by atoms with Crippen LogP contribution in [0.1, 0.15) is 33.8 Å². The van der Waals surface area contributed by atoms with Crippen LogP contribution in [0.15, 0.2) is 24.3 Å². The second-order valence-electron chi connectivity index (χ2n) is 2.86. The van der Waals surface area contributed by atoms with Gasteiger partial charge in [-0.15, -0.1) is 0 Å². The van der Waals surface area contributed by atoms with Gasteiger partial charge in [0, 0.05) is 4.11 Å². The highest BCUT2D eigenvalue weighted by Gasteiger charge is 2.10. The number of aryl methyl sites for hydroxylation is 1. The van der Waals surface area contributed by atoms with Crippen molar-refractivity contribution in [2.45, 2.75) is 26.8 Å². The van der Waals surface area contributed by atoms with Gasteiger partial charge in [0.05, 0.1) is 11.7 Å². The fraction of sp³-hybridized carbons (Fsp3) is 0.364. The molecule has 0 aliphatic heterocycles. The first-order chi connectivity index (χ1) is 7.32. The Hall–Kier alpha value is -1.31. The summed E-state index contributed by atoms with van der Waals surface area (Å²) in [6.07, 6.45) is -1.10. The Morgan fingerprint density at radius 1 is 1.54 bits per heavy atom. The van der Waals surface area contributed by atoms with Gasteiger partial charge in [0.15, 0.2) is 0 Å². The first-order valence-corrected chi connectivity index (χ1v) is 4.09. The summed E-state index contributed by atoms with van der Waals surface area (Å²) in [5.41, 5.74) is 1.17. The maximum absolute atomic E-state index is 11.7. The number of esters is 1. The van der Waals surface area contributed by atoms with Crippen molar-refractivity contribution in [1.29, 1.82) is 0 Å². The molecular weight excluding hydrogens is 164 g/mol. The number of carbonyl (C=O) groups is 1. The summed E-state index contributed by atoms with van der Waals surface area (Å²) in [7, 11) is 0. The zero-order valence-corrected chi connectivity index (χ0v) is 7.70. The fourth-order valence-corrected chi connectivity index (χ4v) is 1.03. The van der Waals surface area contributed by atoms with E-state index in [9.17, 15) is 4.79 Å². The minimum atomic E-state index is -2.28. The Morgan fingerprint density at radius 2 is 2.23 bits per heavy atom. The Kier molecular flexibility index (Phi) is 1.94. The van der Waals surface area contributed by atoms with E-state index in [-0.39, 0.29) is 0 Å². The molecule has 2 nitrogen and oxygen atoms in total. The fourth-order valence-electron chi connectivity index (χ4n) is 1.03. The van der Waals surface area contributed by atoms with Crippen molar-refractivity contribution in [1.82, 2.24) is 0 Å². The van der Waals surface area contributed by atoms with Crippen LogP contribution in [0, 0.1) is 6.92 Å². The molecule has 0 bridgehead atoms. The largest absolute Gasteiger partial charge is 0.459 e. The summed E-state index contributed by atoms with van der Waals surface area (Å²) in [5.74, 6) is -0.596. The van der Waals surface area contributed by atoms with Gasteiger partial charge in [0.1, 0.15) is 0 Å². The van der Waals surface area contributed by atoms with Crippen molar-refractivity contribution >= 4 is 5.97 Å². The van der Waals surface area contributed by atoms with Crippen LogP contribution in [-0.2, 0) is 4.74 Å². The first kappa shape index (κ1) is 6.19. The molecule has 0 aromatic heterocycles. The third-order valence-corrected chi connectivity index (χ3v) is 1.65. The van der Waals surface area contributed by atoms with Gasteiger partial charge in [0.2, 0.25) is 0 Å². The summed E-state index contributed by atoms with van der Waals surface area (Å²) >= 11 is 0. The highest BCUT2D eigenvalue weighted by Crippen LogP contribution is 2.09. The van der Waals surface area contributed by atoms with Gasteiger partial charge in [-0.3, -0.25) is 0 Å². The third-order valence-electron chi connectivity index (χ3n) is 1.65. The molecule has 0 spiro atoms. The normalized spacial score (nSPS) is 16.6. The molecule has 0 amide bonds. The number of rotatable bonds is 2. The zero-order valence-electron chi connectivity index (χ0n) is 10.7. The number of carbonyl (C=O) groups excluding carboxylic acids is 1. The van der Waals surface area contributed by atoms with Crippen molar-refractivity contribution in [3.8, 4) is 0 Å². The quantitative estimate of drug-likeness (QED) is 0.655. The van der Waals surface area contributed by atoms with Crippen LogP contribution in [-0.4, -0.2) is 12.1 Å². The molecule has 0 N–H and O–H groups in total. The summed E-state index contributed by atoms with van der Waals surface area (Å²) in [5, 5.41) is 0. The molecule has 0 saturated carbocycles. The van der Waals surface area contributed by atoms with Gasteiger partial charge in [-0.05, 0) is 32.3 Å². The summed E-state index contributed by atoms with van der Waals surface area (Å²) in [6, 6.07) is 6.91. The second-order valence-corrected chi connectivity index (χ2v) is 2.86. The minimum absolute atomic E-state index is 0.401. The summed E-state index contributed by atoms with van der Waals surface area (Å²) < 4.78 is 26.2. The lowest BCUT2D eigenvalue weighted by molar-refractivity contribution is 0.0377. The van der Waals surface area contributed by atoms with Gasteiger partial charge >= 0.3 is 5.97 Å². The average molecular weight is 181 g/mol. The van der Waals surface area contributed by atoms with E-state index in [0.717, 1.165) is 5.56 Å². The second kappa shape index (κ2) is 4.08. The molecule has 0 aliphatic rings. The number of hydrogen-bond acceptors (Lipinski definition) is 2. The summed E-state index contributed by atoms with van der Waals surface area (Å²) in [6.45, 7) is 0.859. The van der Waals surface area contributed by atoms with E-state index in [0.29, 0.717) is 5.56 Å². The number of hydrogen-bond donors (Lipinski definition) is 0. The predicted molar refractivity (Wildman–Crippen MR) is 51.7 cm³/mol. The Balaban J connectivity index is 2.78. The summed E-state index contributed by atoms with van der Waals surface area (Å²) in [4.78, 5) is 11.7. The third kappa shape index (κ3) is 2.58. The lowest BCUT2D eigenvalue weighted by Gasteiger charge is -2.09. The standard InChI is InChI=1S/C11H14O2/c1-8(2)13-11(12)10-7-5-4-6-9(10)3/h4-8H,1-3H3/i1D3. The average Bonchev–Trinajstić information content (AvgIpc) is 2.16. The molecule has 0 radical (unpaired) electrons. The molecule has 0 fully saturated rings. The molecule has 1 rings (SSSR count). The molecule has 1 aromatic carbocycles. The van der Waals surface area contributed by atoms with Crippen LogP contribution in [0.2, 0.25) is 0 Å². The Morgan fingerprint density at radius 3 is 2.85 bits per heavy atom. The molecule has 0 aliphatic carbocycles. The molecule has 0 heterocycles. The van der Waals surface area contributed by atoms with Gasteiger partial charge in [-0.2, -0.15) is 0 Å². The Labute approximate surface area is 82.7 Å². The van der Waals surface area contributed by atoms with E-state index in [1.54, 1.807) is 31.2 Å². The molecular formula is C11H14O2. The molecule has 13 heavy (non-hydrogen) atoms. The van der Waals surface area contributed by atoms with Crippen molar-refractivity contribution in [2.75, 3.05) is 0 Å². The van der Waals surface area contributed by atoms with Gasteiger partial charge in [-0.1, -0.05) is 18.2 Å². The highest BCUT2D eigenvalue weighted by atomic mass is 16.5. The smallest absolute Gasteiger partial charge is 0.338 e. The monoisotopic (exact) mass is 181 g/mol. The maximum Gasteiger partial charge on any atom is 0.338 e. The lowest BCUT2D eigenvalue weighted by atomic mass is 10.1. The van der Waals surface area contributed by atoms with Gasteiger partial charge in [0.25, 0.3) is 0 Å². The predicted octanol–water partition coefficient (Wildman–Crippen LogP) is 2.56. The molecule has 70 valence electrons. The SMILES string of the molecule is [2H]C([2H])([2H])C(C)OC(=O)c1ccccc1C. The first-order valence-electron chi connectivity index (χ1n) is 5.59. The lowest BCUT2D eigenvalue weighted by Crippen LogP contribution is -2.12. The number of benzene rings is 1. The molecule has 1 aromatic rings. The van der Waals surface area contributed by atoms with Crippen molar-refractivity contribution < 1.29 is 13.6 Å². The molecule has 2 heteroatoms. The van der Waals surface area contributed by atoms with E-state index in [1.807, 2.05) is 0 Å². The van der Waals surface area contributed by atoms with Crippen LogP contribution in [0.4, 0.5) is 0 Å².